The van der Waals surface area contributed by atoms with E-state index < -0.39 is 0 Å². The van der Waals surface area contributed by atoms with Crippen LogP contribution in [0.5, 0.6) is 0 Å². The summed E-state index contributed by atoms with van der Waals surface area (Å²) in [6, 6.07) is 38.1. The molecule has 0 aromatic heterocycles. The summed E-state index contributed by atoms with van der Waals surface area (Å²) in [5.41, 5.74) is 21.8. The summed E-state index contributed by atoms with van der Waals surface area (Å²) in [4.78, 5) is 0. The van der Waals surface area contributed by atoms with Gasteiger partial charge in [-0.25, -0.2) is 5.43 Å². The van der Waals surface area contributed by atoms with E-state index in [1.165, 1.54) is 27.1 Å². The van der Waals surface area contributed by atoms with Crippen molar-refractivity contribution in [1.82, 2.24) is 20.9 Å². The van der Waals surface area contributed by atoms with Gasteiger partial charge in [-0.3, -0.25) is 0 Å². The van der Waals surface area contributed by atoms with Gasteiger partial charge in [0.15, 0.2) is 0 Å². The minimum Gasteiger partial charge on any atom is -0.398 e. The number of nitrogens with one attached hydrogen (secondary N) is 2. The summed E-state index contributed by atoms with van der Waals surface area (Å²) >= 11 is 0. The summed E-state index contributed by atoms with van der Waals surface area (Å²) in [5, 5.41) is 12.5. The van der Waals surface area contributed by atoms with Crippen molar-refractivity contribution in [3.05, 3.63) is 150 Å². The van der Waals surface area contributed by atoms with Gasteiger partial charge in [0.2, 0.25) is 0 Å². The molecule has 0 saturated carbocycles. The van der Waals surface area contributed by atoms with E-state index in [1.807, 2.05) is 23.4 Å². The fourth-order valence-corrected chi connectivity index (χ4v) is 5.37. The van der Waals surface area contributed by atoms with Crippen molar-refractivity contribution >= 4 is 27.2 Å². The van der Waals surface area contributed by atoms with Gasteiger partial charge in [0.25, 0.3) is 0 Å². The first-order chi connectivity index (χ1) is 20.0. The van der Waals surface area contributed by atoms with Crippen LogP contribution in [0.2, 0.25) is 0 Å². The Balaban J connectivity index is 1.28. The normalized spacial score (nSPS) is 15.9. The summed E-state index contributed by atoms with van der Waals surface area (Å²) in [5.74, 6) is 0. The van der Waals surface area contributed by atoms with Crippen molar-refractivity contribution in [3.63, 3.8) is 0 Å². The second-order valence-corrected chi connectivity index (χ2v) is 10.5. The zero-order chi connectivity index (χ0) is 28.2. The van der Waals surface area contributed by atoms with Gasteiger partial charge in [0.05, 0.1) is 6.04 Å². The second-order valence-electron chi connectivity index (χ2n) is 10.5. The first-order valence-electron chi connectivity index (χ1n) is 14.0. The highest BCUT2D eigenvalue weighted by Gasteiger charge is 2.21. The van der Waals surface area contributed by atoms with Crippen LogP contribution in [-0.4, -0.2) is 23.7 Å². The number of rotatable bonds is 8. The number of hydrazine groups is 2. The molecular formula is C35H36N6. The molecule has 206 valence electrons. The largest absolute Gasteiger partial charge is 0.398 e. The van der Waals surface area contributed by atoms with Crippen molar-refractivity contribution < 1.29 is 0 Å². The molecule has 0 fully saturated rings. The molecule has 1 aliphatic heterocycles. The molecule has 1 heterocycles. The number of nitrogens with zero attached hydrogens (tertiary/aromatic N) is 2. The maximum Gasteiger partial charge on any atom is 0.117 e. The zero-order valence-electron chi connectivity index (χ0n) is 23.2. The fourth-order valence-electron chi connectivity index (χ4n) is 5.37. The van der Waals surface area contributed by atoms with Gasteiger partial charge < -0.3 is 21.8 Å². The second kappa shape index (κ2) is 12.0. The molecule has 0 amide bonds. The minimum absolute atomic E-state index is 0.100. The van der Waals surface area contributed by atoms with Crippen molar-refractivity contribution in [2.45, 2.75) is 18.8 Å². The molecule has 0 spiro atoms. The lowest BCUT2D eigenvalue weighted by Gasteiger charge is -2.38. The maximum atomic E-state index is 6.73. The smallest absolute Gasteiger partial charge is 0.117 e. The molecule has 6 heteroatoms. The van der Waals surface area contributed by atoms with Gasteiger partial charge in [-0.2, -0.15) is 0 Å². The van der Waals surface area contributed by atoms with Crippen LogP contribution in [0.15, 0.2) is 128 Å². The Morgan fingerprint density at radius 2 is 1.46 bits per heavy atom. The molecule has 6 nitrogen and oxygen atoms in total. The lowest BCUT2D eigenvalue weighted by Crippen LogP contribution is -2.53. The van der Waals surface area contributed by atoms with E-state index in [4.69, 9.17) is 11.5 Å². The van der Waals surface area contributed by atoms with Gasteiger partial charge >= 0.3 is 0 Å². The van der Waals surface area contributed by atoms with E-state index in [9.17, 15) is 0 Å². The molecule has 6 N–H and O–H groups in total. The van der Waals surface area contributed by atoms with E-state index in [0.717, 1.165) is 28.9 Å². The predicted octanol–water partition coefficient (Wildman–Crippen LogP) is 5.96. The molecule has 1 aliphatic rings. The van der Waals surface area contributed by atoms with Gasteiger partial charge in [-0.15, -0.1) is 5.12 Å². The highest BCUT2D eigenvalue weighted by atomic mass is 15.8. The standard InChI is InChI=1S/C35H36N6/c1-40-20-6-19-39-41(40)35(37)29-16-14-28(15-17-29)34(38-24-25-11-12-26-7-2-4-9-30(26)21-25)23-33(36)32-18-13-27-8-3-5-10-31(27)22-32/h2-18,20-23,34-35,38-39H,19,24,36-37H2,1H3/b33-23-. The number of nitrogens with two attached hydrogens (primary N) is 2. The van der Waals surface area contributed by atoms with Crippen LogP contribution in [0.1, 0.15) is 34.5 Å². The lowest BCUT2D eigenvalue weighted by atomic mass is 9.99. The van der Waals surface area contributed by atoms with Crippen LogP contribution < -0.4 is 22.2 Å². The molecule has 0 radical (unpaired) electrons. The summed E-state index contributed by atoms with van der Waals surface area (Å²) in [6.45, 7) is 1.45. The Bertz CT molecular complexity index is 1710. The molecule has 2 unspecified atom stereocenters. The molecule has 5 aromatic rings. The summed E-state index contributed by atoms with van der Waals surface area (Å²) in [6.07, 6.45) is 5.87. The minimum atomic E-state index is -0.318. The number of benzene rings is 5. The van der Waals surface area contributed by atoms with E-state index >= 15 is 0 Å². The molecule has 6 rings (SSSR count). The number of hydrogen-bond acceptors (Lipinski definition) is 6. The van der Waals surface area contributed by atoms with Crippen molar-refractivity contribution in [2.75, 3.05) is 13.6 Å². The Morgan fingerprint density at radius 1 is 0.829 bits per heavy atom. The Hall–Kier alpha value is -4.46. The van der Waals surface area contributed by atoms with Crippen LogP contribution >= 0.6 is 0 Å². The van der Waals surface area contributed by atoms with Crippen molar-refractivity contribution in [1.29, 1.82) is 0 Å². The van der Waals surface area contributed by atoms with Gasteiger partial charge in [0, 0.05) is 32.0 Å². The SMILES string of the molecule is CN1C=CCNN1C(N)c1ccc(C(/C=C(\N)c2ccc3ccccc3c2)NCc2ccc3ccccc3c2)cc1. The number of hydrogen-bond donors (Lipinski definition) is 4. The monoisotopic (exact) mass is 540 g/mol. The molecule has 2 atom stereocenters. The lowest BCUT2D eigenvalue weighted by molar-refractivity contribution is -0.0562. The van der Waals surface area contributed by atoms with E-state index in [1.54, 1.807) is 0 Å². The molecule has 41 heavy (non-hydrogen) atoms. The predicted molar refractivity (Wildman–Crippen MR) is 170 cm³/mol. The van der Waals surface area contributed by atoms with E-state index in [0.29, 0.717) is 6.54 Å². The van der Waals surface area contributed by atoms with Gasteiger partial charge in [0.1, 0.15) is 6.17 Å². The highest BCUT2D eigenvalue weighted by molar-refractivity contribution is 5.86. The van der Waals surface area contributed by atoms with Crippen LogP contribution in [0.25, 0.3) is 27.2 Å². The van der Waals surface area contributed by atoms with E-state index in [2.05, 4.69) is 132 Å². The first-order valence-corrected chi connectivity index (χ1v) is 14.0. The average Bonchev–Trinajstić information content (AvgIpc) is 3.02. The quantitative estimate of drug-likeness (QED) is 0.194. The van der Waals surface area contributed by atoms with Crippen molar-refractivity contribution in [2.24, 2.45) is 11.5 Å². The van der Waals surface area contributed by atoms with Crippen LogP contribution in [0.4, 0.5) is 0 Å². The van der Waals surface area contributed by atoms with Crippen molar-refractivity contribution in [3.8, 4) is 0 Å². The first kappa shape index (κ1) is 26.7. The topological polar surface area (TPSA) is 82.6 Å². The third kappa shape index (κ3) is 6.01. The van der Waals surface area contributed by atoms with Crippen LogP contribution in [0, 0.1) is 0 Å². The van der Waals surface area contributed by atoms with Gasteiger partial charge in [-0.1, -0.05) is 103 Å². The van der Waals surface area contributed by atoms with Crippen LogP contribution in [-0.2, 0) is 6.54 Å². The summed E-state index contributed by atoms with van der Waals surface area (Å²) in [7, 11) is 1.98. The van der Waals surface area contributed by atoms with Gasteiger partial charge in [-0.05, 0) is 62.0 Å². The molecule has 0 bridgehead atoms. The Morgan fingerprint density at radius 3 is 2.17 bits per heavy atom. The Kier molecular flexibility index (Phi) is 7.80. The highest BCUT2D eigenvalue weighted by Crippen LogP contribution is 2.25. The molecule has 5 aromatic carbocycles. The Labute approximate surface area is 241 Å². The number of fused-ring (bicyclic) bond motifs is 2. The molecule has 0 saturated heterocycles. The molecular weight excluding hydrogens is 504 g/mol. The third-order valence-electron chi connectivity index (χ3n) is 7.70. The fraction of sp³-hybridized carbons (Fsp3) is 0.143. The average molecular weight is 541 g/mol. The van der Waals surface area contributed by atoms with E-state index in [-0.39, 0.29) is 12.2 Å². The third-order valence-corrected chi connectivity index (χ3v) is 7.70. The van der Waals surface area contributed by atoms with Crippen LogP contribution in [0.3, 0.4) is 0 Å². The molecule has 0 aliphatic carbocycles. The summed E-state index contributed by atoms with van der Waals surface area (Å²) < 4.78 is 0. The zero-order valence-corrected chi connectivity index (χ0v) is 23.2. The maximum absolute atomic E-state index is 6.73.